The number of azo groups is 1. The van der Waals surface area contributed by atoms with Gasteiger partial charge in [-0.1, -0.05) is 17.4 Å². The highest BCUT2D eigenvalue weighted by Gasteiger charge is 2.23. The van der Waals surface area contributed by atoms with E-state index >= 15 is 0 Å². The van der Waals surface area contributed by atoms with E-state index < -0.39 is 22.8 Å². The van der Waals surface area contributed by atoms with Gasteiger partial charge in [0.15, 0.2) is 0 Å². The molecule has 0 spiro atoms. The average molecular weight is 397 g/mol. The molecule has 0 radical (unpaired) electrons. The quantitative estimate of drug-likeness (QED) is 0.521. The zero-order valence-electron chi connectivity index (χ0n) is 14.3. The molecule has 4 heterocycles. The van der Waals surface area contributed by atoms with Gasteiger partial charge in [-0.25, -0.2) is 14.3 Å². The highest BCUT2D eigenvalue weighted by atomic mass is 32.1. The Morgan fingerprint density at radius 3 is 2.61 bits per heavy atom. The lowest BCUT2D eigenvalue weighted by Gasteiger charge is -2.11. The molecule has 0 fully saturated rings. The van der Waals surface area contributed by atoms with Crippen LogP contribution in [-0.4, -0.2) is 29.4 Å². The monoisotopic (exact) mass is 397 g/mol. The summed E-state index contributed by atoms with van der Waals surface area (Å²) >= 11 is 1.15. The van der Waals surface area contributed by atoms with Crippen molar-refractivity contribution in [2.75, 3.05) is 0 Å². The largest absolute Gasteiger partial charge is 0.492 e. The van der Waals surface area contributed by atoms with Crippen LogP contribution in [0.15, 0.2) is 67.0 Å². The van der Waals surface area contributed by atoms with Crippen LogP contribution in [0.3, 0.4) is 0 Å². The third kappa shape index (κ3) is 3.01. The van der Waals surface area contributed by atoms with E-state index in [1.54, 1.807) is 19.1 Å². The van der Waals surface area contributed by atoms with E-state index in [4.69, 9.17) is 4.42 Å². The van der Waals surface area contributed by atoms with Crippen LogP contribution in [0.5, 0.6) is 5.88 Å². The summed E-state index contributed by atoms with van der Waals surface area (Å²) in [6.45, 7) is 1.74. The molecule has 0 saturated carbocycles. The number of aryl methyl sites for hydroxylation is 1. The average Bonchev–Trinajstić information content (AvgIpc) is 3.35. The molecular weight excluding hydrogens is 386 g/mol. The molecule has 0 bridgehead atoms. The number of furan rings is 1. The zero-order valence-corrected chi connectivity index (χ0v) is 15.1. The summed E-state index contributed by atoms with van der Waals surface area (Å²) in [4.78, 5) is 29.8. The van der Waals surface area contributed by atoms with E-state index in [0.717, 1.165) is 20.5 Å². The molecule has 12 heteroatoms. The topological polar surface area (TPSA) is 141 Å². The number of nitrogens with zero attached hydrogens (tertiary/aromatic N) is 7. The van der Waals surface area contributed by atoms with Gasteiger partial charge in [-0.2, -0.15) is 4.57 Å². The molecule has 0 unspecified atom stereocenters. The second-order valence-corrected chi connectivity index (χ2v) is 6.53. The molecule has 28 heavy (non-hydrogen) atoms. The van der Waals surface area contributed by atoms with Gasteiger partial charge in [0, 0.05) is 12.3 Å². The Bertz CT molecular complexity index is 1270. The summed E-state index contributed by atoms with van der Waals surface area (Å²) < 4.78 is 6.77. The molecule has 0 aliphatic heterocycles. The van der Waals surface area contributed by atoms with Crippen molar-refractivity contribution < 1.29 is 9.52 Å². The van der Waals surface area contributed by atoms with Crippen LogP contribution in [0.1, 0.15) is 5.01 Å². The van der Waals surface area contributed by atoms with Gasteiger partial charge < -0.3 is 9.52 Å². The fraction of sp³-hybridized carbons (Fsp3) is 0.0625. The minimum atomic E-state index is -0.894. The molecule has 4 aromatic heterocycles. The minimum Gasteiger partial charge on any atom is -0.492 e. The molecule has 0 aromatic carbocycles. The van der Waals surface area contributed by atoms with Crippen LogP contribution in [0, 0.1) is 6.92 Å². The van der Waals surface area contributed by atoms with Crippen LogP contribution in [0.25, 0.3) is 11.7 Å². The molecule has 0 atom stereocenters. The molecule has 11 nitrogen and oxygen atoms in total. The van der Waals surface area contributed by atoms with Gasteiger partial charge in [0.2, 0.25) is 17.5 Å². The number of aromatic nitrogens is 5. The second-order valence-electron chi connectivity index (χ2n) is 5.37. The maximum absolute atomic E-state index is 12.9. The summed E-state index contributed by atoms with van der Waals surface area (Å²) in [5.74, 6) is -0.668. The summed E-state index contributed by atoms with van der Waals surface area (Å²) in [5.41, 5.74) is -2.25. The first-order valence-electron chi connectivity index (χ1n) is 7.84. The predicted molar refractivity (Wildman–Crippen MR) is 98.2 cm³/mol. The van der Waals surface area contributed by atoms with Crippen molar-refractivity contribution >= 4 is 22.2 Å². The fourth-order valence-electron chi connectivity index (χ4n) is 2.38. The third-order valence-electron chi connectivity index (χ3n) is 3.57. The van der Waals surface area contributed by atoms with Crippen molar-refractivity contribution in [1.82, 2.24) is 24.3 Å². The van der Waals surface area contributed by atoms with Crippen molar-refractivity contribution in [3.63, 3.8) is 0 Å². The van der Waals surface area contributed by atoms with Gasteiger partial charge in [0.1, 0.15) is 10.8 Å². The lowest BCUT2D eigenvalue weighted by Crippen LogP contribution is -2.38. The van der Waals surface area contributed by atoms with Gasteiger partial charge >= 0.3 is 5.69 Å². The zero-order chi connectivity index (χ0) is 19.7. The van der Waals surface area contributed by atoms with E-state index in [-0.39, 0.29) is 16.8 Å². The number of hydrogen-bond acceptors (Lipinski definition) is 10. The highest BCUT2D eigenvalue weighted by molar-refractivity contribution is 7.14. The Morgan fingerprint density at radius 2 is 1.96 bits per heavy atom. The summed E-state index contributed by atoms with van der Waals surface area (Å²) in [6, 6.07) is 7.70. The number of aromatic hydroxyl groups is 1. The highest BCUT2D eigenvalue weighted by Crippen LogP contribution is 2.27. The Kier molecular flexibility index (Phi) is 4.37. The Morgan fingerprint density at radius 1 is 1.11 bits per heavy atom. The Balaban J connectivity index is 2.00. The summed E-state index contributed by atoms with van der Waals surface area (Å²) in [7, 11) is 0. The standard InChI is InChI=1S/C16H11N7O4S/c1-9-18-20-15(28-9)21-19-12-13(24)22(10-5-2-3-7-17-10)16(26)23(14(12)25)11-6-4-8-27-11/h2-8,25H,1H3. The lowest BCUT2D eigenvalue weighted by atomic mass is 10.4. The molecule has 0 aliphatic carbocycles. The van der Waals surface area contributed by atoms with E-state index in [0.29, 0.717) is 5.01 Å². The fourth-order valence-corrected chi connectivity index (χ4v) is 2.88. The summed E-state index contributed by atoms with van der Waals surface area (Å²) in [5, 5.41) is 26.6. The molecule has 140 valence electrons. The van der Waals surface area contributed by atoms with Crippen molar-refractivity contribution in [1.29, 1.82) is 0 Å². The summed E-state index contributed by atoms with van der Waals surface area (Å²) in [6.07, 6.45) is 2.75. The van der Waals surface area contributed by atoms with E-state index in [1.165, 1.54) is 30.7 Å². The van der Waals surface area contributed by atoms with E-state index in [1.807, 2.05) is 0 Å². The van der Waals surface area contributed by atoms with Crippen molar-refractivity contribution in [3.05, 3.63) is 68.6 Å². The number of rotatable bonds is 4. The van der Waals surface area contributed by atoms with E-state index in [2.05, 4.69) is 25.4 Å². The Hall–Kier alpha value is -3.93. The van der Waals surface area contributed by atoms with Gasteiger partial charge in [-0.3, -0.25) is 4.79 Å². The van der Waals surface area contributed by atoms with Crippen LogP contribution in [0.2, 0.25) is 0 Å². The SMILES string of the molecule is Cc1nnc(N=Nc2c(O)n(-c3ccco3)c(=O)n(-c3ccccn3)c2=O)s1. The second kappa shape index (κ2) is 7.00. The van der Waals surface area contributed by atoms with Crippen molar-refractivity contribution in [3.8, 4) is 17.6 Å². The molecule has 0 amide bonds. The van der Waals surface area contributed by atoms with Crippen LogP contribution < -0.4 is 11.2 Å². The molecule has 4 aromatic rings. The number of hydrogen-bond donors (Lipinski definition) is 1. The Labute approximate surface area is 159 Å². The van der Waals surface area contributed by atoms with Gasteiger partial charge in [-0.15, -0.1) is 20.4 Å². The molecule has 0 saturated heterocycles. The maximum Gasteiger partial charge on any atom is 0.346 e. The molecular formula is C16H11N7O4S. The van der Waals surface area contributed by atoms with Gasteiger partial charge in [0.05, 0.1) is 6.26 Å². The van der Waals surface area contributed by atoms with Crippen LogP contribution in [0.4, 0.5) is 10.8 Å². The van der Waals surface area contributed by atoms with Crippen LogP contribution >= 0.6 is 11.3 Å². The molecule has 1 N–H and O–H groups in total. The molecule has 0 aliphatic rings. The lowest BCUT2D eigenvalue weighted by molar-refractivity contribution is 0.409. The van der Waals surface area contributed by atoms with Crippen molar-refractivity contribution in [2.45, 2.75) is 6.92 Å². The van der Waals surface area contributed by atoms with Gasteiger partial charge in [-0.05, 0) is 25.1 Å². The van der Waals surface area contributed by atoms with Crippen molar-refractivity contribution in [2.24, 2.45) is 10.2 Å². The predicted octanol–water partition coefficient (Wildman–Crippen LogP) is 2.26. The number of pyridine rings is 1. The van der Waals surface area contributed by atoms with Crippen LogP contribution in [-0.2, 0) is 0 Å². The normalized spacial score (nSPS) is 11.3. The first-order valence-corrected chi connectivity index (χ1v) is 8.66. The van der Waals surface area contributed by atoms with Gasteiger partial charge in [0.25, 0.3) is 10.7 Å². The van der Waals surface area contributed by atoms with E-state index in [9.17, 15) is 14.7 Å². The first-order chi connectivity index (χ1) is 13.6. The maximum atomic E-state index is 12.9. The molecule has 4 rings (SSSR count). The third-order valence-corrected chi connectivity index (χ3v) is 4.29. The first kappa shape index (κ1) is 17.5. The smallest absolute Gasteiger partial charge is 0.346 e. The minimum absolute atomic E-state index is 0.00427.